The number of nitrogens with one attached hydrogen (secondary N) is 2. The van der Waals surface area contributed by atoms with E-state index in [1.165, 1.54) is 13.2 Å². The van der Waals surface area contributed by atoms with E-state index in [0.717, 1.165) is 18.7 Å². The van der Waals surface area contributed by atoms with Crippen LogP contribution in [0, 0.1) is 0 Å². The maximum atomic E-state index is 12.5. The molecule has 0 fully saturated rings. The van der Waals surface area contributed by atoms with Crippen molar-refractivity contribution in [3.05, 3.63) is 48.3 Å². The molecule has 2 N–H and O–H groups in total. The molecule has 0 aliphatic carbocycles. The summed E-state index contributed by atoms with van der Waals surface area (Å²) in [4.78, 5) is 4.48. The van der Waals surface area contributed by atoms with Crippen molar-refractivity contribution < 1.29 is 18.3 Å². The number of ether oxygens (including phenoxy) is 2. The van der Waals surface area contributed by atoms with Crippen LogP contribution in [0.4, 0.5) is 8.78 Å². The topological polar surface area (TPSA) is 59.8 Å². The number of nitrogens with zero attached hydrogens (tertiary/aromatic N) is 2. The molecule has 1 aromatic carbocycles. The molecule has 26 heavy (non-hydrogen) atoms. The third-order valence-corrected chi connectivity index (χ3v) is 3.54. The van der Waals surface area contributed by atoms with Crippen molar-refractivity contribution in [2.75, 3.05) is 20.2 Å². The molecular formula is C18H24F2N4O2. The van der Waals surface area contributed by atoms with E-state index in [1.807, 2.05) is 31.5 Å². The Morgan fingerprint density at radius 1 is 1.19 bits per heavy atom. The average molecular weight is 366 g/mol. The normalized spacial score (nSPS) is 11.5. The van der Waals surface area contributed by atoms with Crippen LogP contribution in [0.5, 0.6) is 11.5 Å². The Labute approximate surface area is 151 Å². The Morgan fingerprint density at radius 2 is 1.96 bits per heavy atom. The molecule has 6 nitrogen and oxygen atoms in total. The van der Waals surface area contributed by atoms with Crippen LogP contribution < -0.4 is 20.1 Å². The van der Waals surface area contributed by atoms with Gasteiger partial charge < -0.3 is 24.7 Å². The summed E-state index contributed by atoms with van der Waals surface area (Å²) in [6.45, 7) is 1.64. The van der Waals surface area contributed by atoms with Crippen molar-refractivity contribution >= 4 is 5.96 Å². The quantitative estimate of drug-likeness (QED) is 0.529. The van der Waals surface area contributed by atoms with E-state index in [1.54, 1.807) is 12.1 Å². The van der Waals surface area contributed by atoms with Crippen molar-refractivity contribution in [2.24, 2.45) is 4.99 Å². The summed E-state index contributed by atoms with van der Waals surface area (Å²) in [5.41, 5.74) is 0.740. The number of rotatable bonds is 9. The molecule has 0 saturated heterocycles. The minimum atomic E-state index is -2.91. The third-order valence-electron chi connectivity index (χ3n) is 3.54. The number of aromatic nitrogens is 1. The second-order valence-electron chi connectivity index (χ2n) is 5.41. The zero-order chi connectivity index (χ0) is 18.8. The number of hydrogen-bond donors (Lipinski definition) is 2. The number of hydrogen-bond acceptors (Lipinski definition) is 3. The highest BCUT2D eigenvalue weighted by atomic mass is 19.3. The van der Waals surface area contributed by atoms with Gasteiger partial charge in [0.05, 0.1) is 13.7 Å². The zero-order valence-corrected chi connectivity index (χ0v) is 14.9. The molecule has 0 bridgehead atoms. The number of benzene rings is 1. The summed E-state index contributed by atoms with van der Waals surface area (Å²) >= 11 is 0. The summed E-state index contributed by atoms with van der Waals surface area (Å²) in [6, 6.07) is 8.82. The Morgan fingerprint density at radius 3 is 2.62 bits per heavy atom. The first-order valence-corrected chi connectivity index (χ1v) is 8.37. The molecule has 0 atom stereocenters. The standard InChI is InChI=1S/C18H24F2N4O2/c1-3-21-18(22-8-11-24-9-4-5-10-24)23-13-14-6-7-15(25-2)16(12-14)26-17(19)20/h4-7,9-10,12,17H,3,8,11,13H2,1-2H3,(H2,21,22,23). The third kappa shape index (κ3) is 6.27. The van der Waals surface area contributed by atoms with Crippen LogP contribution in [0.3, 0.4) is 0 Å². The highest BCUT2D eigenvalue weighted by molar-refractivity contribution is 5.79. The summed E-state index contributed by atoms with van der Waals surface area (Å²) in [5, 5.41) is 6.40. The minimum Gasteiger partial charge on any atom is -0.493 e. The van der Waals surface area contributed by atoms with Crippen molar-refractivity contribution in [3.63, 3.8) is 0 Å². The van der Waals surface area contributed by atoms with Crippen LogP contribution >= 0.6 is 0 Å². The molecule has 142 valence electrons. The van der Waals surface area contributed by atoms with Crippen LogP contribution in [-0.4, -0.2) is 37.3 Å². The van der Waals surface area contributed by atoms with Crippen molar-refractivity contribution in [3.8, 4) is 11.5 Å². The molecule has 8 heteroatoms. The van der Waals surface area contributed by atoms with Gasteiger partial charge in [-0.25, -0.2) is 4.99 Å². The SMILES string of the molecule is CCNC(=NCc1ccc(OC)c(OC(F)F)c1)NCCn1cccc1. The lowest BCUT2D eigenvalue weighted by Crippen LogP contribution is -2.38. The summed E-state index contributed by atoms with van der Waals surface area (Å²) in [5.74, 6) is 0.919. The fourth-order valence-electron chi connectivity index (χ4n) is 2.34. The Bertz CT molecular complexity index is 691. The Kier molecular flexibility index (Phi) is 7.73. The first kappa shape index (κ1) is 19.6. The van der Waals surface area contributed by atoms with Crippen LogP contribution in [-0.2, 0) is 13.1 Å². The molecule has 2 rings (SSSR count). The first-order chi connectivity index (χ1) is 12.6. The average Bonchev–Trinajstić information content (AvgIpc) is 3.13. The van der Waals surface area contributed by atoms with Gasteiger partial charge in [0.2, 0.25) is 0 Å². The summed E-state index contributed by atoms with van der Waals surface area (Å²) in [6.07, 6.45) is 3.99. The largest absolute Gasteiger partial charge is 0.493 e. The maximum absolute atomic E-state index is 12.5. The molecule has 0 aliphatic rings. The van der Waals surface area contributed by atoms with Crippen LogP contribution in [0.2, 0.25) is 0 Å². The van der Waals surface area contributed by atoms with Crippen LogP contribution in [0.15, 0.2) is 47.7 Å². The summed E-state index contributed by atoms with van der Waals surface area (Å²) in [7, 11) is 1.41. The number of alkyl halides is 2. The Hall–Kier alpha value is -2.77. The van der Waals surface area contributed by atoms with E-state index in [0.29, 0.717) is 19.0 Å². The van der Waals surface area contributed by atoms with Gasteiger partial charge in [-0.15, -0.1) is 0 Å². The smallest absolute Gasteiger partial charge is 0.387 e. The van der Waals surface area contributed by atoms with Gasteiger partial charge in [0.1, 0.15) is 0 Å². The minimum absolute atomic E-state index is 0.000711. The molecular weight excluding hydrogens is 342 g/mol. The van der Waals surface area contributed by atoms with Gasteiger partial charge in [0, 0.05) is 32.0 Å². The fourth-order valence-corrected chi connectivity index (χ4v) is 2.34. The molecule has 0 unspecified atom stereocenters. The van der Waals surface area contributed by atoms with E-state index in [4.69, 9.17) is 4.74 Å². The molecule has 0 aliphatic heterocycles. The molecule has 2 aromatic rings. The zero-order valence-electron chi connectivity index (χ0n) is 14.9. The van der Waals surface area contributed by atoms with Crippen molar-refractivity contribution in [1.82, 2.24) is 15.2 Å². The number of methoxy groups -OCH3 is 1. The monoisotopic (exact) mass is 366 g/mol. The predicted molar refractivity (Wildman–Crippen MR) is 96.9 cm³/mol. The van der Waals surface area contributed by atoms with E-state index in [-0.39, 0.29) is 11.5 Å². The van der Waals surface area contributed by atoms with Crippen molar-refractivity contribution in [1.29, 1.82) is 0 Å². The summed E-state index contributed by atoms with van der Waals surface area (Å²) < 4.78 is 36.6. The van der Waals surface area contributed by atoms with E-state index < -0.39 is 6.61 Å². The first-order valence-electron chi connectivity index (χ1n) is 8.37. The van der Waals surface area contributed by atoms with Crippen LogP contribution in [0.25, 0.3) is 0 Å². The van der Waals surface area contributed by atoms with Crippen LogP contribution in [0.1, 0.15) is 12.5 Å². The van der Waals surface area contributed by atoms with Gasteiger partial charge >= 0.3 is 6.61 Å². The number of halogens is 2. The number of aliphatic imine (C=N–C) groups is 1. The second-order valence-corrected chi connectivity index (χ2v) is 5.41. The maximum Gasteiger partial charge on any atom is 0.387 e. The van der Waals surface area contributed by atoms with Gasteiger partial charge in [-0.2, -0.15) is 8.78 Å². The molecule has 0 radical (unpaired) electrons. The molecule has 1 heterocycles. The van der Waals surface area contributed by atoms with Gasteiger partial charge in [-0.3, -0.25) is 0 Å². The highest BCUT2D eigenvalue weighted by Crippen LogP contribution is 2.29. The van der Waals surface area contributed by atoms with E-state index in [9.17, 15) is 8.78 Å². The Balaban J connectivity index is 1.98. The highest BCUT2D eigenvalue weighted by Gasteiger charge is 2.11. The fraction of sp³-hybridized carbons (Fsp3) is 0.389. The van der Waals surface area contributed by atoms with E-state index in [2.05, 4.69) is 24.9 Å². The van der Waals surface area contributed by atoms with Gasteiger partial charge in [0.15, 0.2) is 17.5 Å². The lowest BCUT2D eigenvalue weighted by Gasteiger charge is -2.13. The molecule has 0 amide bonds. The van der Waals surface area contributed by atoms with Crippen molar-refractivity contribution in [2.45, 2.75) is 26.6 Å². The van der Waals surface area contributed by atoms with E-state index >= 15 is 0 Å². The van der Waals surface area contributed by atoms with Gasteiger partial charge in [-0.05, 0) is 36.8 Å². The van der Waals surface area contributed by atoms with Gasteiger partial charge in [0.25, 0.3) is 0 Å². The molecule has 0 saturated carbocycles. The number of guanidine groups is 1. The molecule has 1 aromatic heterocycles. The molecule has 0 spiro atoms. The lowest BCUT2D eigenvalue weighted by molar-refractivity contribution is -0.0512. The predicted octanol–water partition coefficient (Wildman–Crippen LogP) is 2.85. The lowest BCUT2D eigenvalue weighted by atomic mass is 10.2. The second kappa shape index (κ2) is 10.3. The van der Waals surface area contributed by atoms with Gasteiger partial charge in [-0.1, -0.05) is 6.07 Å².